The number of phenols is 1. The predicted molar refractivity (Wildman–Crippen MR) is 70.8 cm³/mol. The first-order valence-corrected chi connectivity index (χ1v) is 7.63. The van der Waals surface area contributed by atoms with Crippen LogP contribution >= 0.6 is 0 Å². The Labute approximate surface area is 108 Å². The highest BCUT2D eigenvalue weighted by Crippen LogP contribution is 2.41. The first-order chi connectivity index (χ1) is 8.20. The van der Waals surface area contributed by atoms with E-state index in [0.29, 0.717) is 6.42 Å². The number of aromatic hydroxyl groups is 1. The van der Waals surface area contributed by atoms with Gasteiger partial charge in [0.05, 0.1) is 5.25 Å². The smallest absolute Gasteiger partial charge is 0.211 e. The Morgan fingerprint density at radius 3 is 2.61 bits per heavy atom. The fourth-order valence-corrected chi connectivity index (χ4v) is 3.52. The van der Waals surface area contributed by atoms with Gasteiger partial charge in [-0.05, 0) is 54.9 Å². The molecule has 100 valence electrons. The van der Waals surface area contributed by atoms with E-state index in [1.807, 2.05) is 6.07 Å². The molecule has 3 N–H and O–H groups in total. The van der Waals surface area contributed by atoms with Crippen molar-refractivity contribution in [1.29, 1.82) is 0 Å². The molecule has 2 atom stereocenters. The van der Waals surface area contributed by atoms with Crippen LogP contribution in [0.1, 0.15) is 31.4 Å². The van der Waals surface area contributed by atoms with Gasteiger partial charge in [0.2, 0.25) is 10.0 Å². The molecule has 0 saturated carbocycles. The molecule has 0 spiro atoms. The Balaban J connectivity index is 2.18. The summed E-state index contributed by atoms with van der Waals surface area (Å²) < 4.78 is 22.7. The van der Waals surface area contributed by atoms with E-state index in [4.69, 9.17) is 5.14 Å². The van der Waals surface area contributed by atoms with Crippen LogP contribution in [0.3, 0.4) is 0 Å². The molecule has 1 aliphatic carbocycles. The van der Waals surface area contributed by atoms with Gasteiger partial charge < -0.3 is 5.11 Å². The summed E-state index contributed by atoms with van der Waals surface area (Å²) in [5.41, 5.74) is 2.21. The Bertz CT molecular complexity index is 568. The Hall–Kier alpha value is -1.07. The van der Waals surface area contributed by atoms with Crippen molar-refractivity contribution in [2.24, 2.45) is 10.6 Å². The normalized spacial score (nSPS) is 24.8. The predicted octanol–water partition coefficient (Wildman–Crippen LogP) is 1.56. The van der Waals surface area contributed by atoms with Crippen LogP contribution in [0.25, 0.3) is 0 Å². The molecule has 0 aromatic heterocycles. The van der Waals surface area contributed by atoms with E-state index in [1.165, 1.54) is 5.56 Å². The van der Waals surface area contributed by atoms with E-state index < -0.39 is 15.3 Å². The SMILES string of the molecule is CC(CC1(C)Cc2ccc(O)cc2C1)S(N)(=O)=O. The first-order valence-electron chi connectivity index (χ1n) is 6.02. The molecule has 0 fully saturated rings. The largest absolute Gasteiger partial charge is 0.508 e. The maximum absolute atomic E-state index is 11.3. The minimum Gasteiger partial charge on any atom is -0.508 e. The van der Waals surface area contributed by atoms with E-state index in [-0.39, 0.29) is 11.2 Å². The highest BCUT2D eigenvalue weighted by Gasteiger charge is 2.36. The standard InChI is InChI=1S/C13H19NO3S/c1-9(18(14,16)17)6-13(2)7-10-3-4-12(15)5-11(10)8-13/h3-5,9,15H,6-8H2,1-2H3,(H2,14,16,17). The Morgan fingerprint density at radius 2 is 2.00 bits per heavy atom. The molecule has 1 aromatic rings. The zero-order chi connectivity index (χ0) is 13.6. The van der Waals surface area contributed by atoms with Crippen LogP contribution in [0.15, 0.2) is 18.2 Å². The Kier molecular flexibility index (Phi) is 3.15. The molecule has 18 heavy (non-hydrogen) atoms. The summed E-state index contributed by atoms with van der Waals surface area (Å²) in [5, 5.41) is 14.1. The van der Waals surface area contributed by atoms with Crippen molar-refractivity contribution in [3.63, 3.8) is 0 Å². The molecule has 0 saturated heterocycles. The van der Waals surface area contributed by atoms with Gasteiger partial charge in [0.15, 0.2) is 0 Å². The van der Waals surface area contributed by atoms with Gasteiger partial charge in [-0.3, -0.25) is 0 Å². The third kappa shape index (κ3) is 2.67. The molecular weight excluding hydrogens is 250 g/mol. The summed E-state index contributed by atoms with van der Waals surface area (Å²) in [7, 11) is -3.47. The van der Waals surface area contributed by atoms with Gasteiger partial charge in [0.1, 0.15) is 5.75 Å². The third-order valence-electron chi connectivity index (χ3n) is 3.77. The summed E-state index contributed by atoms with van der Waals surface area (Å²) in [6.07, 6.45) is 2.17. The lowest BCUT2D eigenvalue weighted by molar-refractivity contribution is 0.313. The molecule has 0 aliphatic heterocycles. The second-order valence-corrected chi connectivity index (χ2v) is 7.70. The number of phenolic OH excluding ortho intramolecular Hbond substituents is 1. The number of benzene rings is 1. The molecule has 2 unspecified atom stereocenters. The van der Waals surface area contributed by atoms with Crippen molar-refractivity contribution >= 4 is 10.0 Å². The topological polar surface area (TPSA) is 80.4 Å². The molecule has 1 aliphatic rings. The molecule has 1 aromatic carbocycles. The quantitative estimate of drug-likeness (QED) is 0.874. The fraction of sp³-hybridized carbons (Fsp3) is 0.538. The highest BCUT2D eigenvalue weighted by atomic mass is 32.2. The zero-order valence-electron chi connectivity index (χ0n) is 10.7. The van der Waals surface area contributed by atoms with Crippen LogP contribution in [0.2, 0.25) is 0 Å². The minimum atomic E-state index is -3.47. The maximum Gasteiger partial charge on any atom is 0.211 e. The lowest BCUT2D eigenvalue weighted by atomic mass is 9.82. The molecule has 4 nitrogen and oxygen atoms in total. The molecule has 0 radical (unpaired) electrons. The van der Waals surface area contributed by atoms with Gasteiger partial charge in [-0.1, -0.05) is 13.0 Å². The summed E-state index contributed by atoms with van der Waals surface area (Å²) in [6.45, 7) is 3.73. The summed E-state index contributed by atoms with van der Waals surface area (Å²) >= 11 is 0. The van der Waals surface area contributed by atoms with Crippen molar-refractivity contribution < 1.29 is 13.5 Å². The lowest BCUT2D eigenvalue weighted by Gasteiger charge is -2.26. The lowest BCUT2D eigenvalue weighted by Crippen LogP contribution is -2.32. The second-order valence-electron chi connectivity index (χ2n) is 5.72. The van der Waals surface area contributed by atoms with Gasteiger partial charge in [0.25, 0.3) is 0 Å². The fourth-order valence-electron chi connectivity index (χ4n) is 2.89. The summed E-state index contributed by atoms with van der Waals surface area (Å²) in [5.74, 6) is 0.262. The van der Waals surface area contributed by atoms with Crippen molar-refractivity contribution in [3.05, 3.63) is 29.3 Å². The number of fused-ring (bicyclic) bond motifs is 1. The van der Waals surface area contributed by atoms with E-state index >= 15 is 0 Å². The van der Waals surface area contributed by atoms with Crippen LogP contribution in [-0.2, 0) is 22.9 Å². The first kappa shape index (κ1) is 13.4. The maximum atomic E-state index is 11.3. The average Bonchev–Trinajstić information content (AvgIpc) is 2.51. The number of hydrogen-bond acceptors (Lipinski definition) is 3. The number of rotatable bonds is 3. The van der Waals surface area contributed by atoms with Crippen molar-refractivity contribution in [2.75, 3.05) is 0 Å². The minimum absolute atomic E-state index is 0.0953. The number of nitrogens with two attached hydrogens (primary N) is 1. The van der Waals surface area contributed by atoms with Crippen molar-refractivity contribution in [2.45, 2.75) is 38.4 Å². The van der Waals surface area contributed by atoms with E-state index in [0.717, 1.165) is 18.4 Å². The number of primary sulfonamides is 1. The summed E-state index contributed by atoms with van der Waals surface area (Å²) in [4.78, 5) is 0. The number of hydrogen-bond donors (Lipinski definition) is 2. The van der Waals surface area contributed by atoms with Gasteiger partial charge in [-0.15, -0.1) is 0 Å². The molecule has 5 heteroatoms. The molecule has 2 rings (SSSR count). The Morgan fingerprint density at radius 1 is 1.39 bits per heavy atom. The van der Waals surface area contributed by atoms with Gasteiger partial charge in [-0.2, -0.15) is 0 Å². The van der Waals surface area contributed by atoms with Crippen LogP contribution in [-0.4, -0.2) is 18.8 Å². The highest BCUT2D eigenvalue weighted by molar-refractivity contribution is 7.89. The second kappa shape index (κ2) is 4.24. The van der Waals surface area contributed by atoms with Crippen LogP contribution in [0, 0.1) is 5.41 Å². The molecule has 0 bridgehead atoms. The van der Waals surface area contributed by atoms with Crippen molar-refractivity contribution in [3.8, 4) is 5.75 Å². The molecule has 0 amide bonds. The van der Waals surface area contributed by atoms with Crippen molar-refractivity contribution in [1.82, 2.24) is 0 Å². The van der Waals surface area contributed by atoms with Gasteiger partial charge in [0, 0.05) is 0 Å². The summed E-state index contributed by atoms with van der Waals surface area (Å²) in [6, 6.07) is 5.35. The molecule has 0 heterocycles. The van der Waals surface area contributed by atoms with Crippen LogP contribution < -0.4 is 5.14 Å². The molecular formula is C13H19NO3S. The number of sulfonamides is 1. The van der Waals surface area contributed by atoms with Crippen LogP contribution in [0.4, 0.5) is 0 Å². The van der Waals surface area contributed by atoms with E-state index in [2.05, 4.69) is 6.92 Å². The average molecular weight is 269 g/mol. The van der Waals surface area contributed by atoms with Gasteiger partial charge in [-0.25, -0.2) is 13.6 Å². The van der Waals surface area contributed by atoms with E-state index in [9.17, 15) is 13.5 Å². The van der Waals surface area contributed by atoms with Gasteiger partial charge >= 0.3 is 0 Å². The monoisotopic (exact) mass is 269 g/mol. The zero-order valence-corrected chi connectivity index (χ0v) is 11.5. The van der Waals surface area contributed by atoms with Crippen LogP contribution in [0.5, 0.6) is 5.75 Å². The third-order valence-corrected chi connectivity index (χ3v) is 5.05. The van der Waals surface area contributed by atoms with E-state index in [1.54, 1.807) is 19.1 Å².